The van der Waals surface area contributed by atoms with Crippen molar-refractivity contribution in [3.63, 3.8) is 0 Å². The second kappa shape index (κ2) is 6.76. The van der Waals surface area contributed by atoms with Gasteiger partial charge >= 0.3 is 5.97 Å². The number of carbonyl (C=O) groups is 2. The molecule has 1 rings (SSSR count). The molecule has 1 aromatic carbocycles. The lowest BCUT2D eigenvalue weighted by Gasteiger charge is -2.11. The second-order valence-corrected chi connectivity index (χ2v) is 4.09. The van der Waals surface area contributed by atoms with Crippen LogP contribution in [0.2, 0.25) is 0 Å². The number of rotatable bonds is 6. The summed E-state index contributed by atoms with van der Waals surface area (Å²) in [5.41, 5.74) is 2.28. The van der Waals surface area contributed by atoms with Crippen molar-refractivity contribution in [3.05, 3.63) is 35.4 Å². The highest BCUT2D eigenvalue weighted by Crippen LogP contribution is 2.03. The summed E-state index contributed by atoms with van der Waals surface area (Å²) in [5, 5.41) is 13.8. The van der Waals surface area contributed by atoms with Crippen molar-refractivity contribution in [3.8, 4) is 0 Å². The van der Waals surface area contributed by atoms with Crippen molar-refractivity contribution in [2.24, 2.45) is 0 Å². The van der Waals surface area contributed by atoms with Crippen LogP contribution in [0, 0.1) is 6.92 Å². The number of carboxylic acid groups (broad SMARTS) is 1. The Kier molecular flexibility index (Phi) is 5.32. The van der Waals surface area contributed by atoms with Crippen LogP contribution in [-0.2, 0) is 16.0 Å². The lowest BCUT2D eigenvalue weighted by molar-refractivity contribution is -0.143. The van der Waals surface area contributed by atoms with Gasteiger partial charge in [0.2, 0.25) is 5.91 Å². The van der Waals surface area contributed by atoms with E-state index >= 15 is 0 Å². The minimum Gasteiger partial charge on any atom is -0.480 e. The van der Waals surface area contributed by atoms with E-state index in [0.29, 0.717) is 13.0 Å². The molecule has 5 nitrogen and oxygen atoms in total. The van der Waals surface area contributed by atoms with E-state index in [4.69, 9.17) is 5.11 Å². The molecule has 0 aromatic heterocycles. The zero-order chi connectivity index (χ0) is 13.5. The van der Waals surface area contributed by atoms with E-state index in [1.165, 1.54) is 7.05 Å². The Morgan fingerprint density at radius 1 is 1.39 bits per heavy atom. The van der Waals surface area contributed by atoms with E-state index in [1.807, 2.05) is 31.2 Å². The summed E-state index contributed by atoms with van der Waals surface area (Å²) in [6, 6.07) is 6.79. The van der Waals surface area contributed by atoms with Gasteiger partial charge in [-0.2, -0.15) is 0 Å². The number of carbonyl (C=O) groups excluding carboxylic acids is 1. The average Bonchev–Trinajstić information content (AvgIpc) is 2.29. The number of amides is 1. The van der Waals surface area contributed by atoms with Crippen LogP contribution in [0.15, 0.2) is 24.3 Å². The summed E-state index contributed by atoms with van der Waals surface area (Å²) < 4.78 is 0. The molecule has 0 bridgehead atoms. The highest BCUT2D eigenvalue weighted by atomic mass is 16.4. The normalized spacial score (nSPS) is 11.9. The van der Waals surface area contributed by atoms with E-state index in [2.05, 4.69) is 10.6 Å². The molecule has 1 aromatic rings. The van der Waals surface area contributed by atoms with Gasteiger partial charge in [-0.05, 0) is 26.0 Å². The maximum Gasteiger partial charge on any atom is 0.330 e. The van der Waals surface area contributed by atoms with Crippen LogP contribution >= 0.6 is 0 Å². The minimum atomic E-state index is -1.19. The minimum absolute atomic E-state index is 0.424. The van der Waals surface area contributed by atoms with Crippen molar-refractivity contribution in [1.82, 2.24) is 10.6 Å². The molecule has 0 saturated carbocycles. The van der Waals surface area contributed by atoms with Crippen LogP contribution in [0.4, 0.5) is 0 Å². The number of nitrogens with one attached hydrogen (secondary N) is 2. The van der Waals surface area contributed by atoms with Crippen molar-refractivity contribution in [1.29, 1.82) is 0 Å². The summed E-state index contributed by atoms with van der Waals surface area (Å²) in [4.78, 5) is 22.2. The first-order chi connectivity index (χ1) is 8.54. The SMILES string of the molecule is CNC(C(=O)O)C(=O)NCCc1cccc(C)c1. The summed E-state index contributed by atoms with van der Waals surface area (Å²) in [5.74, 6) is -1.69. The van der Waals surface area contributed by atoms with Crippen molar-refractivity contribution >= 4 is 11.9 Å². The average molecular weight is 250 g/mol. The molecule has 0 radical (unpaired) electrons. The lowest BCUT2D eigenvalue weighted by Crippen LogP contribution is -2.48. The van der Waals surface area contributed by atoms with Gasteiger partial charge in [0, 0.05) is 6.54 Å². The number of carboxylic acids is 1. The van der Waals surface area contributed by atoms with E-state index in [9.17, 15) is 9.59 Å². The molecule has 3 N–H and O–H groups in total. The fraction of sp³-hybridized carbons (Fsp3) is 0.385. The van der Waals surface area contributed by atoms with Crippen LogP contribution < -0.4 is 10.6 Å². The van der Waals surface area contributed by atoms with Crippen LogP contribution in [0.1, 0.15) is 11.1 Å². The smallest absolute Gasteiger partial charge is 0.330 e. The fourth-order valence-corrected chi connectivity index (χ4v) is 1.67. The van der Waals surface area contributed by atoms with Crippen LogP contribution in [0.3, 0.4) is 0 Å². The molecule has 0 aliphatic heterocycles. The maximum atomic E-state index is 11.5. The quantitative estimate of drug-likeness (QED) is 0.636. The molecule has 0 aliphatic rings. The number of aliphatic carboxylic acids is 1. The Bertz CT molecular complexity index is 432. The third kappa shape index (κ3) is 4.18. The molecule has 98 valence electrons. The number of aryl methyl sites for hydroxylation is 1. The Morgan fingerprint density at radius 3 is 2.67 bits per heavy atom. The van der Waals surface area contributed by atoms with Crippen LogP contribution in [0.25, 0.3) is 0 Å². The molecule has 0 heterocycles. The van der Waals surface area contributed by atoms with Gasteiger partial charge in [-0.3, -0.25) is 10.1 Å². The van der Waals surface area contributed by atoms with Gasteiger partial charge in [-0.1, -0.05) is 29.8 Å². The van der Waals surface area contributed by atoms with Crippen molar-refractivity contribution in [2.75, 3.05) is 13.6 Å². The molecule has 18 heavy (non-hydrogen) atoms. The van der Waals surface area contributed by atoms with Gasteiger partial charge in [0.05, 0.1) is 0 Å². The summed E-state index contributed by atoms with van der Waals surface area (Å²) >= 11 is 0. The second-order valence-electron chi connectivity index (χ2n) is 4.09. The zero-order valence-electron chi connectivity index (χ0n) is 10.6. The topological polar surface area (TPSA) is 78.4 Å². The van der Waals surface area contributed by atoms with Gasteiger partial charge in [-0.15, -0.1) is 0 Å². The molecule has 1 atom stereocenters. The van der Waals surface area contributed by atoms with E-state index in [-0.39, 0.29) is 0 Å². The Labute approximate surface area is 106 Å². The van der Waals surface area contributed by atoms with E-state index in [1.54, 1.807) is 0 Å². The van der Waals surface area contributed by atoms with E-state index < -0.39 is 17.9 Å². The molecular formula is C13H18N2O3. The summed E-state index contributed by atoms with van der Waals surface area (Å²) in [6.45, 7) is 2.43. The third-order valence-electron chi connectivity index (χ3n) is 2.59. The molecule has 1 amide bonds. The highest BCUT2D eigenvalue weighted by molar-refractivity contribution is 6.01. The van der Waals surface area contributed by atoms with Gasteiger partial charge in [0.25, 0.3) is 0 Å². The standard InChI is InChI=1S/C13H18N2O3/c1-9-4-3-5-10(8-9)6-7-15-12(16)11(14-2)13(17)18/h3-5,8,11,14H,6-7H2,1-2H3,(H,15,16)(H,17,18). The molecule has 1 unspecified atom stereocenters. The van der Waals surface area contributed by atoms with Gasteiger partial charge < -0.3 is 10.4 Å². The lowest BCUT2D eigenvalue weighted by atomic mass is 10.1. The van der Waals surface area contributed by atoms with Crippen LogP contribution in [0.5, 0.6) is 0 Å². The molecular weight excluding hydrogens is 232 g/mol. The van der Waals surface area contributed by atoms with Gasteiger partial charge in [-0.25, -0.2) is 4.79 Å². The first kappa shape index (κ1) is 14.2. The number of benzene rings is 1. The predicted octanol–water partition coefficient (Wildman–Crippen LogP) is 0.326. The first-order valence-corrected chi connectivity index (χ1v) is 5.78. The molecule has 0 saturated heterocycles. The van der Waals surface area contributed by atoms with E-state index in [0.717, 1.165) is 11.1 Å². The zero-order valence-corrected chi connectivity index (χ0v) is 10.6. The largest absolute Gasteiger partial charge is 0.480 e. The number of hydrogen-bond donors (Lipinski definition) is 3. The van der Waals surface area contributed by atoms with Crippen LogP contribution in [-0.4, -0.2) is 36.6 Å². The Balaban J connectivity index is 2.42. The Morgan fingerprint density at radius 2 is 2.11 bits per heavy atom. The van der Waals surface area contributed by atoms with Crippen molar-refractivity contribution < 1.29 is 14.7 Å². The fourth-order valence-electron chi connectivity index (χ4n) is 1.67. The molecule has 0 fully saturated rings. The van der Waals surface area contributed by atoms with Crippen molar-refractivity contribution in [2.45, 2.75) is 19.4 Å². The number of hydrogen-bond acceptors (Lipinski definition) is 3. The molecule has 5 heteroatoms. The first-order valence-electron chi connectivity index (χ1n) is 5.78. The molecule has 0 aliphatic carbocycles. The molecule has 0 spiro atoms. The Hall–Kier alpha value is -1.88. The highest BCUT2D eigenvalue weighted by Gasteiger charge is 2.23. The third-order valence-corrected chi connectivity index (χ3v) is 2.59. The van der Waals surface area contributed by atoms with Gasteiger partial charge in [0.1, 0.15) is 0 Å². The monoisotopic (exact) mass is 250 g/mol. The summed E-state index contributed by atoms with van der Waals surface area (Å²) in [7, 11) is 1.44. The van der Waals surface area contributed by atoms with Gasteiger partial charge in [0.15, 0.2) is 6.04 Å². The predicted molar refractivity (Wildman–Crippen MR) is 68.4 cm³/mol. The number of likely N-dealkylation sites (N-methyl/N-ethyl adjacent to an activating group) is 1. The summed E-state index contributed by atoms with van der Waals surface area (Å²) in [6.07, 6.45) is 0.684. The maximum absolute atomic E-state index is 11.5.